The van der Waals surface area contributed by atoms with Crippen LogP contribution >= 0.6 is 11.6 Å². The van der Waals surface area contributed by atoms with Crippen molar-refractivity contribution in [3.05, 3.63) is 46.2 Å². The Hall–Kier alpha value is -2.65. The zero-order valence-corrected chi connectivity index (χ0v) is 15.0. The highest BCUT2D eigenvalue weighted by molar-refractivity contribution is 6.30. The number of alkyl halides is 1. The van der Waals surface area contributed by atoms with Gasteiger partial charge in [0.2, 0.25) is 0 Å². The first-order valence-electron chi connectivity index (χ1n) is 8.47. The third kappa shape index (κ3) is 3.60. The van der Waals surface area contributed by atoms with Gasteiger partial charge in [-0.2, -0.15) is 5.10 Å². The maximum Gasteiger partial charge on any atom is 0.322 e. The molecule has 0 aliphatic carbocycles. The fourth-order valence-corrected chi connectivity index (χ4v) is 3.32. The van der Waals surface area contributed by atoms with Gasteiger partial charge >= 0.3 is 6.03 Å². The molecular formula is C17H17ClFN5O3. The summed E-state index contributed by atoms with van der Waals surface area (Å²) in [6.07, 6.45) is -0.672. The number of aromatic nitrogens is 2. The Morgan fingerprint density at radius 3 is 3.00 bits per heavy atom. The highest BCUT2D eigenvalue weighted by atomic mass is 35.5. The van der Waals surface area contributed by atoms with Crippen molar-refractivity contribution in [2.75, 3.05) is 25.0 Å². The molecule has 0 spiro atoms. The lowest BCUT2D eigenvalue weighted by Crippen LogP contribution is -2.39. The van der Waals surface area contributed by atoms with Crippen LogP contribution in [-0.2, 0) is 17.8 Å². The third-order valence-electron chi connectivity index (χ3n) is 4.50. The van der Waals surface area contributed by atoms with Crippen LogP contribution in [0.5, 0.6) is 0 Å². The number of hydroxylamine groups is 2. The highest BCUT2D eigenvalue weighted by Gasteiger charge is 2.34. The molecule has 142 valence electrons. The first kappa shape index (κ1) is 17.7. The Labute approximate surface area is 159 Å². The van der Waals surface area contributed by atoms with Crippen LogP contribution in [0.2, 0.25) is 5.02 Å². The van der Waals surface area contributed by atoms with Crippen LogP contribution in [0.4, 0.5) is 14.9 Å². The van der Waals surface area contributed by atoms with Crippen molar-refractivity contribution in [3.63, 3.8) is 0 Å². The molecule has 2 aromatic rings. The van der Waals surface area contributed by atoms with Gasteiger partial charge in [0.1, 0.15) is 12.8 Å². The lowest BCUT2D eigenvalue weighted by molar-refractivity contribution is -0.0778. The Morgan fingerprint density at radius 1 is 1.41 bits per heavy atom. The molecular weight excluding hydrogens is 377 g/mol. The number of amides is 3. The van der Waals surface area contributed by atoms with Crippen molar-refractivity contribution in [2.24, 2.45) is 0 Å². The van der Waals surface area contributed by atoms with Gasteiger partial charge in [-0.15, -0.1) is 0 Å². The van der Waals surface area contributed by atoms with Crippen molar-refractivity contribution < 1.29 is 18.8 Å². The minimum atomic E-state index is -1.20. The SMILES string of the molecule is O=C(Nc1cccc(Cl)c1)N1CCc2[nH]nc(C(=O)N3CC(F)CO3)c2C1. The first-order valence-corrected chi connectivity index (χ1v) is 8.85. The summed E-state index contributed by atoms with van der Waals surface area (Å²) < 4.78 is 13.3. The number of halogens is 2. The predicted octanol–water partition coefficient (Wildman–Crippen LogP) is 2.38. The number of nitrogens with zero attached hydrogens (tertiary/aromatic N) is 3. The number of fused-ring (bicyclic) bond motifs is 1. The Bertz CT molecular complexity index is 889. The van der Waals surface area contributed by atoms with Crippen LogP contribution in [0.25, 0.3) is 0 Å². The lowest BCUT2D eigenvalue weighted by atomic mass is 10.1. The average Bonchev–Trinajstić information content (AvgIpc) is 3.27. The normalized spacial score (nSPS) is 19.1. The van der Waals surface area contributed by atoms with Gasteiger partial charge in [0, 0.05) is 34.9 Å². The van der Waals surface area contributed by atoms with E-state index in [-0.39, 0.29) is 31.4 Å². The monoisotopic (exact) mass is 393 g/mol. The molecule has 10 heteroatoms. The second-order valence-corrected chi connectivity index (χ2v) is 6.84. The van der Waals surface area contributed by atoms with Gasteiger partial charge < -0.3 is 10.2 Å². The van der Waals surface area contributed by atoms with Crippen molar-refractivity contribution in [2.45, 2.75) is 19.1 Å². The highest BCUT2D eigenvalue weighted by Crippen LogP contribution is 2.24. The van der Waals surface area contributed by atoms with E-state index in [1.807, 2.05) is 0 Å². The van der Waals surface area contributed by atoms with E-state index in [0.717, 1.165) is 10.8 Å². The Morgan fingerprint density at radius 2 is 2.26 bits per heavy atom. The van der Waals surface area contributed by atoms with Crippen molar-refractivity contribution >= 4 is 29.2 Å². The van der Waals surface area contributed by atoms with Crippen LogP contribution < -0.4 is 5.32 Å². The number of hydrogen-bond acceptors (Lipinski definition) is 4. The van der Waals surface area contributed by atoms with Crippen molar-refractivity contribution in [1.29, 1.82) is 0 Å². The van der Waals surface area contributed by atoms with E-state index in [1.165, 1.54) is 0 Å². The molecule has 1 unspecified atom stereocenters. The third-order valence-corrected chi connectivity index (χ3v) is 4.74. The fraction of sp³-hybridized carbons (Fsp3) is 0.353. The van der Waals surface area contributed by atoms with E-state index >= 15 is 0 Å². The smallest absolute Gasteiger partial charge is 0.320 e. The summed E-state index contributed by atoms with van der Waals surface area (Å²) in [5.74, 6) is -0.509. The molecule has 1 aromatic carbocycles. The Balaban J connectivity index is 1.48. The molecule has 2 aliphatic rings. The van der Waals surface area contributed by atoms with E-state index in [9.17, 15) is 14.0 Å². The molecule has 3 heterocycles. The van der Waals surface area contributed by atoms with E-state index < -0.39 is 12.1 Å². The van der Waals surface area contributed by atoms with Crippen molar-refractivity contribution in [3.8, 4) is 0 Å². The average molecular weight is 394 g/mol. The number of aromatic amines is 1. The topological polar surface area (TPSA) is 90.6 Å². The van der Waals surface area contributed by atoms with E-state index in [4.69, 9.17) is 16.4 Å². The number of anilines is 1. The van der Waals surface area contributed by atoms with Gasteiger partial charge in [0.25, 0.3) is 5.91 Å². The maximum atomic E-state index is 13.3. The van der Waals surface area contributed by atoms with Crippen LogP contribution in [0, 0.1) is 0 Å². The van der Waals surface area contributed by atoms with Crippen LogP contribution in [0.1, 0.15) is 21.7 Å². The molecule has 0 radical (unpaired) electrons. The maximum absolute atomic E-state index is 13.3. The van der Waals surface area contributed by atoms with E-state index in [0.29, 0.717) is 29.2 Å². The van der Waals surface area contributed by atoms with Gasteiger partial charge in [-0.25, -0.2) is 14.2 Å². The van der Waals surface area contributed by atoms with Gasteiger partial charge in [0.15, 0.2) is 5.69 Å². The van der Waals surface area contributed by atoms with E-state index in [1.54, 1.807) is 29.2 Å². The number of H-pyrrole nitrogens is 1. The summed E-state index contributed by atoms with van der Waals surface area (Å²) in [5.41, 5.74) is 2.15. The van der Waals surface area contributed by atoms with Gasteiger partial charge in [-0.3, -0.25) is 14.7 Å². The molecule has 1 fully saturated rings. The number of benzene rings is 1. The number of carbonyl (C=O) groups is 2. The second kappa shape index (κ2) is 7.16. The number of urea groups is 1. The molecule has 0 saturated carbocycles. The summed E-state index contributed by atoms with van der Waals surface area (Å²) in [7, 11) is 0. The molecule has 1 atom stereocenters. The number of carbonyl (C=O) groups excluding carboxylic acids is 2. The molecule has 3 amide bonds. The quantitative estimate of drug-likeness (QED) is 0.819. The lowest BCUT2D eigenvalue weighted by Gasteiger charge is -2.27. The standard InChI is InChI=1S/C17H17ClFN5O3/c18-10-2-1-3-12(6-10)20-17(26)23-5-4-14-13(8-23)15(22-21-14)16(25)24-7-11(19)9-27-24/h1-3,6,11H,4-5,7-9H2,(H,20,26)(H,21,22). The number of hydrogen-bond donors (Lipinski definition) is 2. The molecule has 2 aliphatic heterocycles. The Kier molecular flexibility index (Phi) is 4.71. The van der Waals surface area contributed by atoms with Crippen LogP contribution in [-0.4, -0.2) is 58.0 Å². The molecule has 2 N–H and O–H groups in total. The van der Waals surface area contributed by atoms with Crippen LogP contribution in [0.15, 0.2) is 24.3 Å². The van der Waals surface area contributed by atoms with E-state index in [2.05, 4.69) is 15.5 Å². The van der Waals surface area contributed by atoms with Gasteiger partial charge in [-0.05, 0) is 18.2 Å². The zero-order valence-electron chi connectivity index (χ0n) is 14.2. The summed E-state index contributed by atoms with van der Waals surface area (Å²) in [6.45, 7) is 0.417. The van der Waals surface area contributed by atoms with Gasteiger partial charge in [-0.1, -0.05) is 17.7 Å². The van der Waals surface area contributed by atoms with Crippen molar-refractivity contribution in [1.82, 2.24) is 20.2 Å². The largest absolute Gasteiger partial charge is 0.322 e. The molecule has 1 saturated heterocycles. The number of nitrogens with one attached hydrogen (secondary N) is 2. The number of rotatable bonds is 2. The fourth-order valence-electron chi connectivity index (χ4n) is 3.13. The summed E-state index contributed by atoms with van der Waals surface area (Å²) in [6, 6.07) is 6.55. The zero-order chi connectivity index (χ0) is 19.0. The summed E-state index contributed by atoms with van der Waals surface area (Å²) in [5, 5.41) is 11.2. The molecule has 4 rings (SSSR count). The summed E-state index contributed by atoms with van der Waals surface area (Å²) in [4.78, 5) is 31.7. The summed E-state index contributed by atoms with van der Waals surface area (Å²) >= 11 is 5.94. The first-order chi connectivity index (χ1) is 13.0. The molecule has 27 heavy (non-hydrogen) atoms. The molecule has 1 aromatic heterocycles. The minimum Gasteiger partial charge on any atom is -0.320 e. The predicted molar refractivity (Wildman–Crippen MR) is 95.1 cm³/mol. The molecule has 0 bridgehead atoms. The minimum absolute atomic E-state index is 0.126. The second-order valence-electron chi connectivity index (χ2n) is 6.40. The van der Waals surface area contributed by atoms with Crippen LogP contribution in [0.3, 0.4) is 0 Å². The van der Waals surface area contributed by atoms with Gasteiger partial charge in [0.05, 0.1) is 13.1 Å². The molecule has 8 nitrogen and oxygen atoms in total.